The molecule has 2 fully saturated rings. The highest BCUT2D eigenvalue weighted by atomic mass is 16.1. The molecule has 0 bridgehead atoms. The fraction of sp³-hybridized carbons (Fsp3) is 0.889. The third kappa shape index (κ3) is 1.46. The fourth-order valence-corrected chi connectivity index (χ4v) is 2.34. The Kier molecular flexibility index (Phi) is 2.05. The first-order valence-corrected chi connectivity index (χ1v) is 4.79. The van der Waals surface area contributed by atoms with Gasteiger partial charge in [-0.15, -0.1) is 0 Å². The molecule has 1 amide bonds. The highest BCUT2D eigenvalue weighted by Crippen LogP contribution is 2.46. The Balaban J connectivity index is 1.83. The van der Waals surface area contributed by atoms with Crippen LogP contribution >= 0.6 is 0 Å². The van der Waals surface area contributed by atoms with Crippen LogP contribution in [-0.2, 0) is 4.79 Å². The van der Waals surface area contributed by atoms with Crippen LogP contribution in [0.4, 0.5) is 0 Å². The fourth-order valence-electron chi connectivity index (χ4n) is 2.34. The standard InChI is InChI=1S/C9H16N2O/c10-9(12)8-5-7(8)6-1-3-11-4-2-6/h6-8,11H,1-5H2,(H2,10,12). The number of rotatable bonds is 2. The first-order chi connectivity index (χ1) is 5.79. The number of carbonyl (C=O) groups is 1. The molecule has 2 atom stereocenters. The van der Waals surface area contributed by atoms with Gasteiger partial charge in [0.1, 0.15) is 0 Å². The average molecular weight is 168 g/mol. The maximum Gasteiger partial charge on any atom is 0.220 e. The summed E-state index contributed by atoms with van der Waals surface area (Å²) in [6, 6.07) is 0. The lowest BCUT2D eigenvalue weighted by atomic mass is 9.92. The summed E-state index contributed by atoms with van der Waals surface area (Å²) in [5.74, 6) is 1.53. The van der Waals surface area contributed by atoms with Gasteiger partial charge in [0.25, 0.3) is 0 Å². The molecule has 3 nitrogen and oxygen atoms in total. The van der Waals surface area contributed by atoms with Crippen molar-refractivity contribution in [3.8, 4) is 0 Å². The van der Waals surface area contributed by atoms with Gasteiger partial charge >= 0.3 is 0 Å². The lowest BCUT2D eigenvalue weighted by Crippen LogP contribution is -2.29. The van der Waals surface area contributed by atoms with Crippen LogP contribution in [0.3, 0.4) is 0 Å². The molecule has 2 rings (SSSR count). The Morgan fingerprint density at radius 3 is 2.50 bits per heavy atom. The van der Waals surface area contributed by atoms with Crippen LogP contribution in [0.1, 0.15) is 19.3 Å². The van der Waals surface area contributed by atoms with E-state index in [-0.39, 0.29) is 11.8 Å². The molecule has 1 saturated carbocycles. The van der Waals surface area contributed by atoms with Crippen LogP contribution in [0.5, 0.6) is 0 Å². The summed E-state index contributed by atoms with van der Waals surface area (Å²) in [5.41, 5.74) is 5.24. The minimum Gasteiger partial charge on any atom is -0.369 e. The zero-order valence-electron chi connectivity index (χ0n) is 7.25. The molecule has 0 spiro atoms. The molecular formula is C9H16N2O. The highest BCUT2D eigenvalue weighted by molar-refractivity contribution is 5.79. The van der Waals surface area contributed by atoms with Crippen molar-refractivity contribution in [1.82, 2.24) is 5.32 Å². The van der Waals surface area contributed by atoms with E-state index < -0.39 is 0 Å². The molecule has 1 saturated heterocycles. The van der Waals surface area contributed by atoms with Crippen molar-refractivity contribution in [3.05, 3.63) is 0 Å². The van der Waals surface area contributed by atoms with Gasteiger partial charge in [-0.3, -0.25) is 4.79 Å². The molecule has 12 heavy (non-hydrogen) atoms. The maximum absolute atomic E-state index is 10.8. The smallest absolute Gasteiger partial charge is 0.220 e. The van der Waals surface area contributed by atoms with Gasteiger partial charge in [0.05, 0.1) is 0 Å². The summed E-state index contributed by atoms with van der Waals surface area (Å²) in [5, 5.41) is 3.33. The van der Waals surface area contributed by atoms with E-state index in [0.29, 0.717) is 5.92 Å². The normalized spacial score (nSPS) is 36.3. The van der Waals surface area contributed by atoms with Crippen molar-refractivity contribution in [1.29, 1.82) is 0 Å². The number of hydrogen-bond acceptors (Lipinski definition) is 2. The molecule has 3 N–H and O–H groups in total. The summed E-state index contributed by atoms with van der Waals surface area (Å²) >= 11 is 0. The number of hydrogen-bond donors (Lipinski definition) is 2. The van der Waals surface area contributed by atoms with Gasteiger partial charge in [-0.2, -0.15) is 0 Å². The second-order valence-corrected chi connectivity index (χ2v) is 4.00. The van der Waals surface area contributed by atoms with Crippen LogP contribution in [0.15, 0.2) is 0 Å². The Bertz CT molecular complexity index is 187. The van der Waals surface area contributed by atoms with Crippen molar-refractivity contribution in [3.63, 3.8) is 0 Å². The van der Waals surface area contributed by atoms with Gasteiger partial charge in [-0.25, -0.2) is 0 Å². The molecule has 0 aromatic heterocycles. The zero-order chi connectivity index (χ0) is 8.55. The van der Waals surface area contributed by atoms with Crippen molar-refractivity contribution in [2.24, 2.45) is 23.5 Å². The van der Waals surface area contributed by atoms with Crippen molar-refractivity contribution in [2.45, 2.75) is 19.3 Å². The van der Waals surface area contributed by atoms with Crippen molar-refractivity contribution >= 4 is 5.91 Å². The zero-order valence-corrected chi connectivity index (χ0v) is 7.25. The number of nitrogens with two attached hydrogens (primary N) is 1. The Labute approximate surface area is 72.7 Å². The van der Waals surface area contributed by atoms with E-state index in [9.17, 15) is 4.79 Å². The largest absolute Gasteiger partial charge is 0.369 e. The molecule has 0 aromatic carbocycles. The second kappa shape index (κ2) is 3.05. The number of amides is 1. The third-order valence-electron chi connectivity index (χ3n) is 3.19. The van der Waals surface area contributed by atoms with E-state index in [1.807, 2.05) is 0 Å². The molecule has 68 valence electrons. The van der Waals surface area contributed by atoms with Crippen LogP contribution in [-0.4, -0.2) is 19.0 Å². The Morgan fingerprint density at radius 1 is 1.33 bits per heavy atom. The predicted octanol–water partition coefficient (Wildman–Crippen LogP) is 0.107. The molecule has 3 heteroatoms. The van der Waals surface area contributed by atoms with E-state index in [1.54, 1.807) is 0 Å². The van der Waals surface area contributed by atoms with Crippen LogP contribution in [0.25, 0.3) is 0 Å². The van der Waals surface area contributed by atoms with Gasteiger partial charge in [-0.05, 0) is 44.2 Å². The summed E-state index contributed by atoms with van der Waals surface area (Å²) < 4.78 is 0. The quantitative estimate of drug-likeness (QED) is 0.614. The summed E-state index contributed by atoms with van der Waals surface area (Å²) in [4.78, 5) is 10.8. The lowest BCUT2D eigenvalue weighted by molar-refractivity contribution is -0.119. The number of piperidine rings is 1. The van der Waals surface area contributed by atoms with Gasteiger partial charge < -0.3 is 11.1 Å². The third-order valence-corrected chi connectivity index (χ3v) is 3.19. The first kappa shape index (κ1) is 8.05. The van der Waals surface area contributed by atoms with Gasteiger partial charge in [0, 0.05) is 5.92 Å². The summed E-state index contributed by atoms with van der Waals surface area (Å²) in [6.45, 7) is 2.24. The van der Waals surface area contributed by atoms with E-state index >= 15 is 0 Å². The highest BCUT2D eigenvalue weighted by Gasteiger charge is 2.46. The van der Waals surface area contributed by atoms with Gasteiger partial charge in [0.15, 0.2) is 0 Å². The number of nitrogens with one attached hydrogen (secondary N) is 1. The SMILES string of the molecule is NC(=O)C1CC1C1CCNCC1. The van der Waals surface area contributed by atoms with Crippen molar-refractivity contribution < 1.29 is 4.79 Å². The number of carbonyl (C=O) groups excluding carboxylic acids is 1. The molecule has 2 aliphatic rings. The molecule has 1 aliphatic heterocycles. The Morgan fingerprint density at radius 2 is 2.00 bits per heavy atom. The predicted molar refractivity (Wildman–Crippen MR) is 46.4 cm³/mol. The minimum atomic E-state index is -0.0847. The van der Waals surface area contributed by atoms with E-state index in [4.69, 9.17) is 5.73 Å². The number of primary amides is 1. The molecular weight excluding hydrogens is 152 g/mol. The van der Waals surface area contributed by atoms with Gasteiger partial charge in [-0.1, -0.05) is 0 Å². The van der Waals surface area contributed by atoms with E-state index in [0.717, 1.165) is 25.4 Å². The monoisotopic (exact) mass is 168 g/mol. The van der Waals surface area contributed by atoms with Crippen LogP contribution in [0, 0.1) is 17.8 Å². The summed E-state index contributed by atoms with van der Waals surface area (Å²) in [6.07, 6.45) is 3.52. The molecule has 1 aliphatic carbocycles. The molecule has 0 radical (unpaired) electrons. The molecule has 2 unspecified atom stereocenters. The summed E-state index contributed by atoms with van der Waals surface area (Å²) in [7, 11) is 0. The second-order valence-electron chi connectivity index (χ2n) is 4.00. The van der Waals surface area contributed by atoms with Crippen LogP contribution < -0.4 is 11.1 Å². The van der Waals surface area contributed by atoms with Crippen molar-refractivity contribution in [2.75, 3.05) is 13.1 Å². The van der Waals surface area contributed by atoms with E-state index in [1.165, 1.54) is 12.8 Å². The van der Waals surface area contributed by atoms with Gasteiger partial charge in [0.2, 0.25) is 5.91 Å². The molecule has 1 heterocycles. The Hall–Kier alpha value is -0.570. The van der Waals surface area contributed by atoms with E-state index in [2.05, 4.69) is 5.32 Å². The average Bonchev–Trinajstić information content (AvgIpc) is 2.84. The maximum atomic E-state index is 10.8. The minimum absolute atomic E-state index is 0.0847. The lowest BCUT2D eigenvalue weighted by Gasteiger charge is -2.22. The first-order valence-electron chi connectivity index (χ1n) is 4.79. The topological polar surface area (TPSA) is 55.1 Å². The van der Waals surface area contributed by atoms with Crippen LogP contribution in [0.2, 0.25) is 0 Å². The molecule has 0 aromatic rings.